The van der Waals surface area contributed by atoms with Gasteiger partial charge in [0.15, 0.2) is 0 Å². The van der Waals surface area contributed by atoms with Gasteiger partial charge in [-0.15, -0.1) is 11.8 Å². The minimum atomic E-state index is -0.313. The molecule has 23 heavy (non-hydrogen) atoms. The van der Waals surface area contributed by atoms with E-state index in [0.29, 0.717) is 18.8 Å². The van der Waals surface area contributed by atoms with Crippen LogP contribution in [0, 0.1) is 0 Å². The van der Waals surface area contributed by atoms with Crippen LogP contribution < -0.4 is 4.74 Å². The lowest BCUT2D eigenvalue weighted by Crippen LogP contribution is -2.44. The molecule has 2 rings (SSSR count). The maximum absolute atomic E-state index is 12.3. The summed E-state index contributed by atoms with van der Waals surface area (Å²) in [5.41, 5.74) is 0.811. The predicted molar refractivity (Wildman–Crippen MR) is 94.6 cm³/mol. The number of hydrogen-bond acceptors (Lipinski definition) is 5. The number of rotatable bonds is 4. The van der Waals surface area contributed by atoms with Gasteiger partial charge in [-0.1, -0.05) is 15.9 Å². The molecule has 0 N–H and O–H groups in total. The van der Waals surface area contributed by atoms with Gasteiger partial charge in [0.2, 0.25) is 5.91 Å². The first-order valence-corrected chi connectivity index (χ1v) is 8.89. The molecule has 0 saturated carbocycles. The molecule has 1 saturated heterocycles. The van der Waals surface area contributed by atoms with Gasteiger partial charge in [0.1, 0.15) is 11.0 Å². The number of ether oxygens (including phenoxy) is 2. The molecule has 0 bridgehead atoms. The first-order chi connectivity index (χ1) is 11.0. The van der Waals surface area contributed by atoms with Crippen molar-refractivity contribution in [3.05, 3.63) is 34.3 Å². The fraction of sp³-hybridized carbons (Fsp3) is 0.375. The number of halogens is 1. The van der Waals surface area contributed by atoms with E-state index < -0.39 is 0 Å². The van der Waals surface area contributed by atoms with Crippen molar-refractivity contribution in [2.75, 3.05) is 33.1 Å². The Kier molecular flexibility index (Phi) is 6.53. The Labute approximate surface area is 148 Å². The van der Waals surface area contributed by atoms with Gasteiger partial charge in [-0.3, -0.25) is 9.59 Å². The summed E-state index contributed by atoms with van der Waals surface area (Å²) in [5, 5.41) is -0.313. The number of hydrogen-bond donors (Lipinski definition) is 0. The fourth-order valence-corrected chi connectivity index (χ4v) is 3.73. The summed E-state index contributed by atoms with van der Waals surface area (Å²) in [4.78, 5) is 25.6. The van der Waals surface area contributed by atoms with Crippen molar-refractivity contribution in [2.24, 2.45) is 0 Å². The van der Waals surface area contributed by atoms with Crippen molar-refractivity contribution in [3.63, 3.8) is 0 Å². The first kappa shape index (κ1) is 17.9. The van der Waals surface area contributed by atoms with Crippen molar-refractivity contribution in [3.8, 4) is 5.75 Å². The number of carbonyl (C=O) groups is 2. The second-order valence-electron chi connectivity index (χ2n) is 4.89. The summed E-state index contributed by atoms with van der Waals surface area (Å²) in [6.07, 6.45) is 3.23. The van der Waals surface area contributed by atoms with Gasteiger partial charge < -0.3 is 14.4 Å². The Balaban J connectivity index is 2.06. The standard InChI is InChI=1S/C16H18BrNO4S/c1-21-13-5-4-12(17)9-11(13)3-6-15(19)18-7-8-23-14(10-18)16(20)22-2/h3-6,9,14H,7-8,10H2,1-2H3/b6-3+/t14-/m1/s1. The third-order valence-electron chi connectivity index (χ3n) is 3.44. The minimum Gasteiger partial charge on any atom is -0.496 e. The smallest absolute Gasteiger partial charge is 0.320 e. The molecule has 5 nitrogen and oxygen atoms in total. The van der Waals surface area contributed by atoms with E-state index in [2.05, 4.69) is 15.9 Å². The molecule has 0 aliphatic carbocycles. The van der Waals surface area contributed by atoms with E-state index in [1.54, 1.807) is 18.1 Å². The summed E-state index contributed by atoms with van der Waals surface area (Å²) < 4.78 is 10.9. The molecule has 0 unspecified atom stereocenters. The van der Waals surface area contributed by atoms with Crippen LogP contribution in [0.25, 0.3) is 6.08 Å². The Morgan fingerprint density at radius 3 is 2.87 bits per heavy atom. The van der Waals surface area contributed by atoms with E-state index in [4.69, 9.17) is 9.47 Å². The molecule has 1 aliphatic rings. The van der Waals surface area contributed by atoms with Crippen LogP contribution in [-0.4, -0.2) is 55.1 Å². The van der Waals surface area contributed by atoms with Gasteiger partial charge >= 0.3 is 5.97 Å². The molecule has 1 amide bonds. The van der Waals surface area contributed by atoms with Crippen LogP contribution in [0.5, 0.6) is 5.75 Å². The Morgan fingerprint density at radius 2 is 2.17 bits per heavy atom. The SMILES string of the molecule is COC(=O)[C@H]1CN(C(=O)/C=C/c2cc(Br)ccc2OC)CCS1. The molecule has 1 fully saturated rings. The van der Waals surface area contributed by atoms with Crippen LogP contribution in [0.15, 0.2) is 28.7 Å². The molecular weight excluding hydrogens is 382 g/mol. The molecule has 1 aromatic rings. The van der Waals surface area contributed by atoms with E-state index in [1.165, 1.54) is 24.9 Å². The van der Waals surface area contributed by atoms with E-state index in [0.717, 1.165) is 15.8 Å². The van der Waals surface area contributed by atoms with E-state index in [-0.39, 0.29) is 17.1 Å². The van der Waals surface area contributed by atoms with E-state index >= 15 is 0 Å². The lowest BCUT2D eigenvalue weighted by atomic mass is 10.2. The van der Waals surface area contributed by atoms with Gasteiger partial charge in [0.05, 0.1) is 14.2 Å². The first-order valence-electron chi connectivity index (χ1n) is 7.05. The third kappa shape index (κ3) is 4.75. The highest BCUT2D eigenvalue weighted by Crippen LogP contribution is 2.25. The zero-order valence-corrected chi connectivity index (χ0v) is 15.4. The highest BCUT2D eigenvalue weighted by atomic mass is 79.9. The number of amides is 1. The molecule has 1 heterocycles. The zero-order chi connectivity index (χ0) is 16.8. The lowest BCUT2D eigenvalue weighted by Gasteiger charge is -2.30. The summed E-state index contributed by atoms with van der Waals surface area (Å²) >= 11 is 4.92. The average Bonchev–Trinajstić information content (AvgIpc) is 2.59. The van der Waals surface area contributed by atoms with Gasteiger partial charge in [0, 0.05) is 35.0 Å². The molecule has 0 aromatic heterocycles. The predicted octanol–water partition coefficient (Wildman–Crippen LogP) is 2.59. The largest absolute Gasteiger partial charge is 0.496 e. The lowest BCUT2D eigenvalue weighted by molar-refractivity contribution is -0.140. The quantitative estimate of drug-likeness (QED) is 0.575. The van der Waals surface area contributed by atoms with Crippen LogP contribution in [-0.2, 0) is 14.3 Å². The van der Waals surface area contributed by atoms with Crippen molar-refractivity contribution in [1.82, 2.24) is 4.90 Å². The van der Waals surface area contributed by atoms with Crippen molar-refractivity contribution in [2.45, 2.75) is 5.25 Å². The van der Waals surface area contributed by atoms with Crippen molar-refractivity contribution in [1.29, 1.82) is 0 Å². The number of nitrogens with zero attached hydrogens (tertiary/aromatic N) is 1. The van der Waals surface area contributed by atoms with Crippen LogP contribution in [0.1, 0.15) is 5.56 Å². The Morgan fingerprint density at radius 1 is 1.39 bits per heavy atom. The van der Waals surface area contributed by atoms with Crippen LogP contribution in [0.4, 0.5) is 0 Å². The normalized spacial score (nSPS) is 18.0. The number of benzene rings is 1. The zero-order valence-electron chi connectivity index (χ0n) is 13.0. The summed E-state index contributed by atoms with van der Waals surface area (Å²) in [6, 6.07) is 5.59. The Hall–Kier alpha value is -1.47. The topological polar surface area (TPSA) is 55.8 Å². The van der Waals surface area contributed by atoms with Crippen LogP contribution in [0.3, 0.4) is 0 Å². The third-order valence-corrected chi connectivity index (χ3v) is 5.09. The summed E-state index contributed by atoms with van der Waals surface area (Å²) in [5.74, 6) is 1.00. The molecule has 0 radical (unpaired) electrons. The highest BCUT2D eigenvalue weighted by Gasteiger charge is 2.28. The molecule has 0 spiro atoms. The second kappa shape index (κ2) is 8.40. The second-order valence-corrected chi connectivity index (χ2v) is 7.11. The molecule has 1 atom stereocenters. The van der Waals surface area contributed by atoms with E-state index in [1.807, 2.05) is 18.2 Å². The number of carbonyl (C=O) groups excluding carboxylic acids is 2. The highest BCUT2D eigenvalue weighted by molar-refractivity contribution is 9.10. The monoisotopic (exact) mass is 399 g/mol. The minimum absolute atomic E-state index is 0.124. The fourth-order valence-electron chi connectivity index (χ4n) is 2.23. The number of esters is 1. The number of thioether (sulfide) groups is 1. The average molecular weight is 400 g/mol. The summed E-state index contributed by atoms with van der Waals surface area (Å²) in [7, 11) is 2.95. The maximum Gasteiger partial charge on any atom is 0.320 e. The van der Waals surface area contributed by atoms with Gasteiger partial charge in [-0.05, 0) is 24.3 Å². The van der Waals surface area contributed by atoms with E-state index in [9.17, 15) is 9.59 Å². The Bertz CT molecular complexity index is 620. The molecule has 124 valence electrons. The maximum atomic E-state index is 12.3. The van der Waals surface area contributed by atoms with Crippen molar-refractivity contribution >= 4 is 45.6 Å². The van der Waals surface area contributed by atoms with Gasteiger partial charge in [0.25, 0.3) is 0 Å². The molecule has 1 aliphatic heterocycles. The summed E-state index contributed by atoms with van der Waals surface area (Å²) in [6.45, 7) is 0.993. The van der Waals surface area contributed by atoms with Gasteiger partial charge in [-0.2, -0.15) is 0 Å². The molecule has 1 aromatic carbocycles. The molecular formula is C16H18BrNO4S. The van der Waals surface area contributed by atoms with Crippen LogP contribution >= 0.6 is 27.7 Å². The molecule has 7 heteroatoms. The van der Waals surface area contributed by atoms with Crippen molar-refractivity contribution < 1.29 is 19.1 Å². The number of methoxy groups -OCH3 is 2. The van der Waals surface area contributed by atoms with Crippen LogP contribution in [0.2, 0.25) is 0 Å². The van der Waals surface area contributed by atoms with Gasteiger partial charge in [-0.25, -0.2) is 0 Å².